The van der Waals surface area contributed by atoms with E-state index < -0.39 is 5.76 Å². The minimum atomic E-state index is -2.56. The van der Waals surface area contributed by atoms with Crippen LogP contribution in [0.3, 0.4) is 0 Å². The van der Waals surface area contributed by atoms with Crippen molar-refractivity contribution in [1.82, 2.24) is 10.3 Å². The second-order valence-electron chi connectivity index (χ2n) is 8.48. The Hall–Kier alpha value is -2.87. The van der Waals surface area contributed by atoms with E-state index in [-0.39, 0.29) is 18.0 Å². The maximum absolute atomic E-state index is 12.8. The zero-order valence-corrected chi connectivity index (χ0v) is 19.5. The lowest BCUT2D eigenvalue weighted by atomic mass is 9.91. The predicted octanol–water partition coefficient (Wildman–Crippen LogP) is 5.77. The molecule has 2 aromatic carbocycles. The van der Waals surface area contributed by atoms with Crippen LogP contribution in [0.4, 0.5) is 20.3 Å². The lowest BCUT2D eigenvalue weighted by Gasteiger charge is -2.30. The first-order valence-corrected chi connectivity index (χ1v) is 12.0. The summed E-state index contributed by atoms with van der Waals surface area (Å²) < 4.78 is 25.6. The highest BCUT2D eigenvalue weighted by Gasteiger charge is 2.24. The van der Waals surface area contributed by atoms with Gasteiger partial charge in [0, 0.05) is 48.2 Å². The number of carbonyl (C=O) groups excluding carboxylic acids is 1. The molecule has 1 aliphatic carbocycles. The van der Waals surface area contributed by atoms with Gasteiger partial charge in [0.2, 0.25) is 0 Å². The molecule has 0 aliphatic heterocycles. The van der Waals surface area contributed by atoms with Crippen LogP contribution in [0.25, 0.3) is 10.9 Å². The quantitative estimate of drug-likeness (QED) is 0.430. The Balaban J connectivity index is 1.37. The van der Waals surface area contributed by atoms with Gasteiger partial charge in [0.1, 0.15) is 5.82 Å². The van der Waals surface area contributed by atoms with Crippen molar-refractivity contribution in [3.05, 3.63) is 60.2 Å². The topological polar surface area (TPSA) is 57.3 Å². The second-order valence-corrected chi connectivity index (χ2v) is 9.51. The summed E-state index contributed by atoms with van der Waals surface area (Å²) in [6, 6.07) is 17.0. The van der Waals surface area contributed by atoms with Crippen molar-refractivity contribution in [2.45, 2.75) is 48.4 Å². The van der Waals surface area contributed by atoms with Gasteiger partial charge in [0.15, 0.2) is 0 Å². The number of hydrogen-bond donors (Lipinski definition) is 2. The summed E-state index contributed by atoms with van der Waals surface area (Å²) in [5.74, 6) is -2.00. The number of para-hydroxylation sites is 1. The summed E-state index contributed by atoms with van der Waals surface area (Å²) in [6.45, 7) is 0. The van der Waals surface area contributed by atoms with E-state index in [2.05, 4.69) is 27.7 Å². The molecule has 1 heterocycles. The summed E-state index contributed by atoms with van der Waals surface area (Å²) >= 11 is 0.406. The Kier molecular flexibility index (Phi) is 7.33. The first-order valence-electron chi connectivity index (χ1n) is 11.1. The normalized spacial score (nSPS) is 18.3. The number of fused-ring (bicyclic) bond motifs is 1. The van der Waals surface area contributed by atoms with Crippen molar-refractivity contribution in [3.8, 4) is 0 Å². The van der Waals surface area contributed by atoms with Gasteiger partial charge in [-0.05, 0) is 43.9 Å². The first kappa shape index (κ1) is 23.3. The molecule has 0 atom stereocenters. The molecular formula is C25H28F2N4OS. The summed E-state index contributed by atoms with van der Waals surface area (Å²) in [5, 5.41) is 7.72. The molecule has 2 N–H and O–H groups in total. The Morgan fingerprint density at radius 3 is 2.42 bits per heavy atom. The van der Waals surface area contributed by atoms with Crippen LogP contribution in [-0.2, 0) is 0 Å². The van der Waals surface area contributed by atoms with E-state index in [1.165, 1.54) is 0 Å². The number of alkyl halides is 2. The molecule has 8 heteroatoms. The van der Waals surface area contributed by atoms with Crippen molar-refractivity contribution in [2.75, 3.05) is 24.3 Å². The number of thioether (sulfide) groups is 1. The lowest BCUT2D eigenvalue weighted by molar-refractivity contribution is 0.0923. The molecule has 0 bridgehead atoms. The fraction of sp³-hybridized carbons (Fsp3) is 0.360. The number of pyridine rings is 1. The minimum Gasteiger partial charge on any atom is -0.377 e. The maximum atomic E-state index is 12.8. The lowest BCUT2D eigenvalue weighted by Crippen LogP contribution is -2.40. The molecule has 5 nitrogen and oxygen atoms in total. The number of rotatable bonds is 7. The number of amides is 1. The first-order chi connectivity index (χ1) is 15.9. The van der Waals surface area contributed by atoms with Crippen LogP contribution in [0.15, 0.2) is 59.5 Å². The molecule has 1 aliphatic rings. The second kappa shape index (κ2) is 10.4. The van der Waals surface area contributed by atoms with E-state index >= 15 is 0 Å². The molecular weight excluding hydrogens is 442 g/mol. The summed E-state index contributed by atoms with van der Waals surface area (Å²) in [6.07, 6.45) is 3.43. The van der Waals surface area contributed by atoms with Crippen LogP contribution < -0.4 is 15.5 Å². The van der Waals surface area contributed by atoms with Crippen LogP contribution in [0, 0.1) is 0 Å². The number of nitrogens with one attached hydrogen (secondary N) is 2. The third-order valence-electron chi connectivity index (χ3n) is 5.94. The maximum Gasteiger partial charge on any atom is 0.288 e. The fourth-order valence-corrected chi connectivity index (χ4v) is 4.95. The van der Waals surface area contributed by atoms with E-state index in [4.69, 9.17) is 4.98 Å². The Bertz CT molecular complexity index is 1120. The highest BCUT2D eigenvalue weighted by molar-refractivity contribution is 7.99. The molecule has 0 spiro atoms. The van der Waals surface area contributed by atoms with Gasteiger partial charge in [-0.3, -0.25) is 4.79 Å². The molecule has 1 amide bonds. The van der Waals surface area contributed by atoms with E-state index in [9.17, 15) is 13.6 Å². The smallest absolute Gasteiger partial charge is 0.288 e. The van der Waals surface area contributed by atoms with Crippen LogP contribution in [0.2, 0.25) is 0 Å². The number of carbonyl (C=O) groups is 1. The summed E-state index contributed by atoms with van der Waals surface area (Å²) in [4.78, 5) is 19.9. The average Bonchev–Trinajstić information content (AvgIpc) is 2.79. The van der Waals surface area contributed by atoms with E-state index in [1.54, 1.807) is 24.3 Å². The number of anilines is 2. The van der Waals surface area contributed by atoms with Gasteiger partial charge in [-0.25, -0.2) is 4.98 Å². The monoisotopic (exact) mass is 470 g/mol. The predicted molar refractivity (Wildman–Crippen MR) is 132 cm³/mol. The van der Waals surface area contributed by atoms with E-state index in [0.717, 1.165) is 48.1 Å². The number of aromatic nitrogens is 1. The molecule has 0 radical (unpaired) electrons. The standard InChI is InChI=1S/C25H28F2N4OS/c1-31(2)21-15-23(30-20-9-5-3-7-18(20)21)28-16-11-13-17(14-12-16)29-24(32)19-8-4-6-10-22(19)33-25(26)27/h3-10,15-17,25H,11-14H2,1-2H3,(H,28,30)(H,29,32)/t16-,17+. The molecule has 1 aromatic heterocycles. The van der Waals surface area contributed by atoms with E-state index in [0.29, 0.717) is 22.2 Å². The van der Waals surface area contributed by atoms with Crippen molar-refractivity contribution in [1.29, 1.82) is 0 Å². The molecule has 174 valence electrons. The highest BCUT2D eigenvalue weighted by atomic mass is 32.2. The van der Waals surface area contributed by atoms with Crippen LogP contribution in [-0.4, -0.2) is 42.8 Å². The summed E-state index contributed by atoms with van der Waals surface area (Å²) in [7, 11) is 4.05. The number of halogens is 2. The van der Waals surface area contributed by atoms with Crippen LogP contribution in [0.1, 0.15) is 36.0 Å². The molecule has 0 unspecified atom stereocenters. The molecule has 4 rings (SSSR count). The number of benzene rings is 2. The molecule has 33 heavy (non-hydrogen) atoms. The zero-order valence-electron chi connectivity index (χ0n) is 18.7. The Labute approximate surface area is 197 Å². The SMILES string of the molecule is CN(C)c1cc(N[C@H]2CC[C@@H](NC(=O)c3ccccc3SC(F)F)CC2)nc2ccccc12. The molecule has 1 saturated carbocycles. The van der Waals surface area contributed by atoms with Crippen molar-refractivity contribution in [2.24, 2.45) is 0 Å². The third-order valence-corrected chi connectivity index (χ3v) is 6.73. The number of hydrogen-bond acceptors (Lipinski definition) is 5. The molecule has 3 aromatic rings. The van der Waals surface area contributed by atoms with Gasteiger partial charge in [-0.15, -0.1) is 0 Å². The molecule has 0 saturated heterocycles. The Morgan fingerprint density at radius 1 is 1.03 bits per heavy atom. The highest BCUT2D eigenvalue weighted by Crippen LogP contribution is 2.30. The van der Waals surface area contributed by atoms with Gasteiger partial charge in [-0.1, -0.05) is 42.1 Å². The van der Waals surface area contributed by atoms with Crippen molar-refractivity contribution < 1.29 is 13.6 Å². The zero-order chi connectivity index (χ0) is 23.4. The van der Waals surface area contributed by atoms with Gasteiger partial charge in [-0.2, -0.15) is 8.78 Å². The van der Waals surface area contributed by atoms with Crippen LogP contribution in [0.5, 0.6) is 0 Å². The van der Waals surface area contributed by atoms with Crippen molar-refractivity contribution in [3.63, 3.8) is 0 Å². The van der Waals surface area contributed by atoms with Gasteiger partial charge >= 0.3 is 0 Å². The van der Waals surface area contributed by atoms with Gasteiger partial charge in [0.05, 0.1) is 11.1 Å². The summed E-state index contributed by atoms with van der Waals surface area (Å²) in [5.41, 5.74) is 2.37. The minimum absolute atomic E-state index is 0.0297. The third kappa shape index (κ3) is 5.74. The van der Waals surface area contributed by atoms with Crippen molar-refractivity contribution >= 4 is 40.1 Å². The largest absolute Gasteiger partial charge is 0.377 e. The fourth-order valence-electron chi connectivity index (χ4n) is 4.31. The van der Waals surface area contributed by atoms with Gasteiger partial charge in [0.25, 0.3) is 11.7 Å². The number of nitrogens with zero attached hydrogens (tertiary/aromatic N) is 2. The van der Waals surface area contributed by atoms with Crippen LogP contribution >= 0.6 is 11.8 Å². The van der Waals surface area contributed by atoms with Gasteiger partial charge < -0.3 is 15.5 Å². The Morgan fingerprint density at radius 2 is 1.70 bits per heavy atom. The molecule has 1 fully saturated rings. The van der Waals surface area contributed by atoms with E-state index in [1.807, 2.05) is 32.3 Å². The average molecular weight is 471 g/mol.